The summed E-state index contributed by atoms with van der Waals surface area (Å²) in [6, 6.07) is 22.1. The first-order chi connectivity index (χ1) is 14.5. The van der Waals surface area contributed by atoms with E-state index < -0.39 is 11.9 Å². The van der Waals surface area contributed by atoms with Crippen LogP contribution in [0.15, 0.2) is 83.7 Å². The maximum Gasteiger partial charge on any atom is 0.364 e. The van der Waals surface area contributed by atoms with Crippen LogP contribution in [0.2, 0.25) is 0 Å². The van der Waals surface area contributed by atoms with Gasteiger partial charge in [0.05, 0.1) is 11.9 Å². The van der Waals surface area contributed by atoms with Crippen LogP contribution in [0.4, 0.5) is 0 Å². The molecule has 0 radical (unpaired) electrons. The summed E-state index contributed by atoms with van der Waals surface area (Å²) < 4.78 is 6.66. The van der Waals surface area contributed by atoms with E-state index in [1.807, 2.05) is 30.3 Å². The maximum atomic E-state index is 12.9. The second-order valence-corrected chi connectivity index (χ2v) is 6.62. The number of hydrogen-bond acceptors (Lipinski definition) is 5. The molecule has 0 fully saturated rings. The van der Waals surface area contributed by atoms with Crippen LogP contribution in [0.3, 0.4) is 0 Å². The fourth-order valence-electron chi connectivity index (χ4n) is 3.12. The van der Waals surface area contributed by atoms with Crippen molar-refractivity contribution in [1.29, 1.82) is 0 Å². The third-order valence-corrected chi connectivity index (χ3v) is 4.57. The molecule has 0 bridgehead atoms. The Morgan fingerprint density at radius 3 is 2.33 bits per heavy atom. The third-order valence-electron chi connectivity index (χ3n) is 4.57. The Morgan fingerprint density at radius 2 is 1.60 bits per heavy atom. The summed E-state index contributed by atoms with van der Waals surface area (Å²) in [5.41, 5.74) is 6.07. The number of primary amides is 1. The molecule has 0 saturated carbocycles. The number of esters is 1. The molecule has 0 aliphatic carbocycles. The highest BCUT2D eigenvalue weighted by atomic mass is 16.5. The second kappa shape index (κ2) is 8.00. The van der Waals surface area contributed by atoms with Crippen LogP contribution in [0, 0.1) is 0 Å². The number of amides is 1. The van der Waals surface area contributed by atoms with Crippen molar-refractivity contribution < 1.29 is 14.3 Å². The van der Waals surface area contributed by atoms with Gasteiger partial charge in [0.25, 0.3) is 5.56 Å². The average Bonchev–Trinajstić information content (AvgIpc) is 2.76. The zero-order chi connectivity index (χ0) is 21.1. The molecule has 0 spiro atoms. The van der Waals surface area contributed by atoms with Gasteiger partial charge in [0.15, 0.2) is 5.69 Å². The first-order valence-corrected chi connectivity index (χ1v) is 9.19. The van der Waals surface area contributed by atoms with Gasteiger partial charge in [-0.25, -0.2) is 9.48 Å². The van der Waals surface area contributed by atoms with Gasteiger partial charge in [0, 0.05) is 10.9 Å². The summed E-state index contributed by atoms with van der Waals surface area (Å²) in [5, 5.41) is 5.04. The summed E-state index contributed by atoms with van der Waals surface area (Å²) >= 11 is 0. The van der Waals surface area contributed by atoms with Crippen molar-refractivity contribution in [2.24, 2.45) is 5.73 Å². The van der Waals surface area contributed by atoms with Gasteiger partial charge in [-0.15, -0.1) is 0 Å². The third kappa shape index (κ3) is 3.81. The van der Waals surface area contributed by atoms with E-state index in [1.54, 1.807) is 30.3 Å². The Kier molecular flexibility index (Phi) is 5.09. The van der Waals surface area contributed by atoms with Crippen molar-refractivity contribution >= 4 is 22.6 Å². The number of nitrogens with zero attached hydrogens (tertiary/aromatic N) is 2. The molecule has 7 heteroatoms. The second-order valence-electron chi connectivity index (χ2n) is 6.62. The molecule has 0 atom stereocenters. The van der Waals surface area contributed by atoms with Crippen molar-refractivity contribution in [2.75, 3.05) is 0 Å². The smallest absolute Gasteiger partial charge is 0.364 e. The van der Waals surface area contributed by atoms with E-state index in [2.05, 4.69) is 5.10 Å². The van der Waals surface area contributed by atoms with Gasteiger partial charge in [-0.05, 0) is 29.8 Å². The molecule has 1 heterocycles. The van der Waals surface area contributed by atoms with Crippen LogP contribution in [-0.2, 0) is 6.54 Å². The summed E-state index contributed by atoms with van der Waals surface area (Å²) in [7, 11) is 0. The van der Waals surface area contributed by atoms with Crippen LogP contribution in [0.25, 0.3) is 10.8 Å². The quantitative estimate of drug-likeness (QED) is 0.410. The number of carbonyl (C=O) groups is 2. The van der Waals surface area contributed by atoms with Gasteiger partial charge >= 0.3 is 5.97 Å². The molecule has 0 aliphatic heterocycles. The van der Waals surface area contributed by atoms with Crippen molar-refractivity contribution in [3.8, 4) is 5.75 Å². The first kappa shape index (κ1) is 19.1. The number of benzene rings is 3. The minimum atomic E-state index is -0.741. The number of carbonyl (C=O) groups excluding carboxylic acids is 2. The van der Waals surface area contributed by atoms with Crippen LogP contribution >= 0.6 is 0 Å². The van der Waals surface area contributed by atoms with Gasteiger partial charge in [-0.1, -0.05) is 54.6 Å². The Morgan fingerprint density at radius 1 is 0.900 bits per heavy atom. The molecule has 3 aromatic carbocycles. The summed E-state index contributed by atoms with van der Waals surface area (Å²) in [4.78, 5) is 37.2. The fraction of sp³-hybridized carbons (Fsp3) is 0.0435. The molecule has 1 amide bonds. The fourth-order valence-corrected chi connectivity index (χ4v) is 3.12. The molecule has 4 aromatic rings. The Balaban J connectivity index is 1.76. The van der Waals surface area contributed by atoms with Crippen molar-refractivity contribution in [3.05, 3.63) is 106 Å². The topological polar surface area (TPSA) is 104 Å². The largest absolute Gasteiger partial charge is 0.422 e. The van der Waals surface area contributed by atoms with Crippen LogP contribution in [0.5, 0.6) is 5.75 Å². The summed E-state index contributed by atoms with van der Waals surface area (Å²) in [6.07, 6.45) is 0. The molecule has 1 aromatic heterocycles. The predicted octanol–water partition coefficient (Wildman–Crippen LogP) is 2.76. The SMILES string of the molecule is NC(=O)c1cccc(OC(=O)c2nn(Cc3ccccc3)c(=O)c3ccccc23)c1. The molecule has 7 nitrogen and oxygen atoms in total. The van der Waals surface area contributed by atoms with E-state index >= 15 is 0 Å². The Hall–Kier alpha value is -4.26. The molecule has 0 unspecified atom stereocenters. The number of hydrogen-bond donors (Lipinski definition) is 1. The van der Waals surface area contributed by atoms with Crippen LogP contribution in [-0.4, -0.2) is 21.7 Å². The number of fused-ring (bicyclic) bond motifs is 1. The highest BCUT2D eigenvalue weighted by molar-refractivity contribution is 6.03. The minimum absolute atomic E-state index is 0.00519. The molecule has 148 valence electrons. The maximum absolute atomic E-state index is 12.9. The van der Waals surface area contributed by atoms with Gasteiger partial charge in [-0.2, -0.15) is 5.10 Å². The molecule has 4 rings (SSSR count). The molecule has 2 N–H and O–H groups in total. The lowest BCUT2D eigenvalue weighted by atomic mass is 10.1. The molecular formula is C23H17N3O4. The van der Waals surface area contributed by atoms with E-state index in [9.17, 15) is 14.4 Å². The normalized spacial score (nSPS) is 10.7. The van der Waals surface area contributed by atoms with Gasteiger partial charge in [0.1, 0.15) is 5.75 Å². The minimum Gasteiger partial charge on any atom is -0.422 e. The van der Waals surface area contributed by atoms with Gasteiger partial charge in [-0.3, -0.25) is 9.59 Å². The molecule has 0 aliphatic rings. The lowest BCUT2D eigenvalue weighted by Gasteiger charge is -2.11. The van der Waals surface area contributed by atoms with Crippen LogP contribution < -0.4 is 16.0 Å². The van der Waals surface area contributed by atoms with E-state index in [0.29, 0.717) is 10.8 Å². The van der Waals surface area contributed by atoms with E-state index in [4.69, 9.17) is 10.5 Å². The monoisotopic (exact) mass is 399 g/mol. The number of ether oxygens (including phenoxy) is 1. The summed E-state index contributed by atoms with van der Waals surface area (Å²) in [5.74, 6) is -1.22. The standard InChI is InChI=1S/C23H17N3O4/c24-21(27)16-9-6-10-17(13-16)30-23(29)20-18-11-4-5-12-19(18)22(28)26(25-20)14-15-7-2-1-3-8-15/h1-13H,14H2,(H2,24,27). The highest BCUT2D eigenvalue weighted by Crippen LogP contribution is 2.18. The van der Waals surface area contributed by atoms with Gasteiger partial charge in [0.2, 0.25) is 5.91 Å². The van der Waals surface area contributed by atoms with Crippen molar-refractivity contribution in [2.45, 2.75) is 6.54 Å². The Bertz CT molecular complexity index is 1310. The highest BCUT2D eigenvalue weighted by Gasteiger charge is 2.19. The number of rotatable bonds is 5. The molecular weight excluding hydrogens is 382 g/mol. The number of aromatic nitrogens is 2. The lowest BCUT2D eigenvalue weighted by Crippen LogP contribution is -2.27. The Labute approximate surface area is 171 Å². The van der Waals surface area contributed by atoms with E-state index in [0.717, 1.165) is 5.56 Å². The molecule has 0 saturated heterocycles. The predicted molar refractivity (Wildman–Crippen MR) is 111 cm³/mol. The van der Waals surface area contributed by atoms with Gasteiger partial charge < -0.3 is 10.5 Å². The van der Waals surface area contributed by atoms with Crippen LogP contribution in [0.1, 0.15) is 26.4 Å². The molecule has 30 heavy (non-hydrogen) atoms. The van der Waals surface area contributed by atoms with E-state index in [1.165, 1.54) is 22.9 Å². The van der Waals surface area contributed by atoms with E-state index in [-0.39, 0.29) is 29.1 Å². The average molecular weight is 399 g/mol. The zero-order valence-corrected chi connectivity index (χ0v) is 15.8. The number of nitrogens with two attached hydrogens (primary N) is 1. The first-order valence-electron chi connectivity index (χ1n) is 9.19. The lowest BCUT2D eigenvalue weighted by molar-refractivity contribution is 0.0727. The summed E-state index contributed by atoms with van der Waals surface area (Å²) in [6.45, 7) is 0.210. The zero-order valence-electron chi connectivity index (χ0n) is 15.8. The van der Waals surface area contributed by atoms with Crippen molar-refractivity contribution in [3.63, 3.8) is 0 Å². The van der Waals surface area contributed by atoms with Crippen molar-refractivity contribution in [1.82, 2.24) is 9.78 Å².